The molecule has 0 radical (unpaired) electrons. The smallest absolute Gasteiger partial charge is 0.338 e. The molecule has 1 aliphatic heterocycles. The molecule has 210 valence electrons. The van der Waals surface area contributed by atoms with Crippen LogP contribution in [-0.2, 0) is 9.53 Å². The van der Waals surface area contributed by atoms with E-state index in [4.69, 9.17) is 9.15 Å². The van der Waals surface area contributed by atoms with Gasteiger partial charge < -0.3 is 14.1 Å². The molecule has 41 heavy (non-hydrogen) atoms. The summed E-state index contributed by atoms with van der Waals surface area (Å²) in [7, 11) is 3.88. The summed E-state index contributed by atoms with van der Waals surface area (Å²) in [5, 5.41) is 9.30. The standard InChI is InChI=1S/C30H29N4O6S/c1-6-39-29(36)26-18(3)31-30-33(27(26)19-8-11-20(12-9-19)32(4)5)28(35)25(41-30)16-22-13-14-24(40-22)23-15-21(34(37)38)10-7-17(23)2/h7-16,27H,6H2,1-5H3,(H,37,38)/q+1/b25-16-. The lowest BCUT2D eigenvalue weighted by atomic mass is 9.95. The van der Waals surface area contributed by atoms with Crippen molar-refractivity contribution >= 4 is 34.8 Å². The van der Waals surface area contributed by atoms with Gasteiger partial charge in [-0.05, 0) is 56.2 Å². The lowest BCUT2D eigenvalue weighted by Gasteiger charge is -2.25. The molecule has 3 heterocycles. The Kier molecular flexibility index (Phi) is 7.46. The van der Waals surface area contributed by atoms with Gasteiger partial charge in [0.2, 0.25) is 0 Å². The molecule has 4 aromatic rings. The zero-order valence-electron chi connectivity index (χ0n) is 23.2. The largest absolute Gasteiger partial charge is 0.463 e. The van der Waals surface area contributed by atoms with Crippen LogP contribution in [0.25, 0.3) is 17.4 Å². The molecule has 0 aliphatic carbocycles. The number of benzene rings is 2. The number of rotatable bonds is 7. The second kappa shape index (κ2) is 11.0. The summed E-state index contributed by atoms with van der Waals surface area (Å²) >= 11 is 1.20. The Labute approximate surface area is 239 Å². The Morgan fingerprint density at radius 1 is 1.17 bits per heavy atom. The van der Waals surface area contributed by atoms with Crippen LogP contribution in [0.5, 0.6) is 0 Å². The molecule has 0 saturated heterocycles. The first-order valence-corrected chi connectivity index (χ1v) is 13.7. The number of carbonyl (C=O) groups excluding carboxylic acids is 1. The zero-order valence-corrected chi connectivity index (χ0v) is 24.1. The van der Waals surface area contributed by atoms with Gasteiger partial charge in [0.15, 0.2) is 4.80 Å². The van der Waals surface area contributed by atoms with Crippen molar-refractivity contribution in [2.75, 3.05) is 25.6 Å². The van der Waals surface area contributed by atoms with Crippen molar-refractivity contribution in [2.24, 2.45) is 4.99 Å². The number of hydrogen-bond acceptors (Lipinski definition) is 8. The Hall–Kier alpha value is -4.77. The summed E-state index contributed by atoms with van der Waals surface area (Å²) in [6.07, 6.45) is 1.63. The minimum atomic E-state index is -0.713. The highest BCUT2D eigenvalue weighted by molar-refractivity contribution is 7.07. The van der Waals surface area contributed by atoms with Crippen molar-refractivity contribution in [3.63, 3.8) is 0 Å². The number of anilines is 1. The number of hydrogen-bond donors (Lipinski definition) is 1. The van der Waals surface area contributed by atoms with Gasteiger partial charge in [-0.15, -0.1) is 0 Å². The summed E-state index contributed by atoms with van der Waals surface area (Å²) in [6, 6.07) is 15.2. The van der Waals surface area contributed by atoms with E-state index in [1.54, 1.807) is 38.1 Å². The van der Waals surface area contributed by atoms with Gasteiger partial charge in [0, 0.05) is 43.6 Å². The third kappa shape index (κ3) is 5.23. The van der Waals surface area contributed by atoms with Gasteiger partial charge in [-0.2, -0.15) is 0 Å². The predicted octanol–water partition coefficient (Wildman–Crippen LogP) is 4.23. The Morgan fingerprint density at radius 3 is 2.56 bits per heavy atom. The molecule has 11 heteroatoms. The minimum Gasteiger partial charge on any atom is -0.463 e. The highest BCUT2D eigenvalue weighted by Gasteiger charge is 2.33. The van der Waals surface area contributed by atoms with Gasteiger partial charge in [0.05, 0.1) is 33.4 Å². The van der Waals surface area contributed by atoms with Crippen LogP contribution in [0, 0.1) is 11.8 Å². The lowest BCUT2D eigenvalue weighted by Crippen LogP contribution is -2.39. The number of nitrogens with zero attached hydrogens (tertiary/aromatic N) is 4. The van der Waals surface area contributed by atoms with Crippen molar-refractivity contribution in [3.05, 3.63) is 107 Å². The van der Waals surface area contributed by atoms with Crippen LogP contribution in [0.3, 0.4) is 0 Å². The number of carbonyl (C=O) groups is 1. The van der Waals surface area contributed by atoms with Crippen LogP contribution in [0.2, 0.25) is 0 Å². The fourth-order valence-corrected chi connectivity index (χ4v) is 5.79. The van der Waals surface area contributed by atoms with Gasteiger partial charge in [0.25, 0.3) is 10.5 Å². The molecule has 0 fully saturated rings. The Morgan fingerprint density at radius 2 is 1.90 bits per heavy atom. The molecule has 0 bridgehead atoms. The van der Waals surface area contributed by atoms with E-state index in [0.717, 1.165) is 16.8 Å². The van der Waals surface area contributed by atoms with Crippen LogP contribution in [-0.4, -0.2) is 41.4 Å². The van der Waals surface area contributed by atoms with E-state index in [-0.39, 0.29) is 22.8 Å². The van der Waals surface area contributed by atoms with E-state index >= 15 is 0 Å². The van der Waals surface area contributed by atoms with E-state index in [9.17, 15) is 19.7 Å². The summed E-state index contributed by atoms with van der Waals surface area (Å²) in [6.45, 7) is 5.54. The second-order valence-electron chi connectivity index (χ2n) is 9.76. The zero-order chi connectivity index (χ0) is 29.4. The molecule has 0 spiro atoms. The topological polar surface area (TPSA) is 117 Å². The van der Waals surface area contributed by atoms with Gasteiger partial charge in [-0.3, -0.25) is 9.36 Å². The number of allylic oxidation sites excluding steroid dienone is 1. The number of aryl methyl sites for hydroxylation is 1. The third-order valence-electron chi connectivity index (χ3n) is 6.85. The highest BCUT2D eigenvalue weighted by Crippen LogP contribution is 2.32. The first-order chi connectivity index (χ1) is 19.6. The van der Waals surface area contributed by atoms with Gasteiger partial charge in [-0.25, -0.2) is 15.0 Å². The van der Waals surface area contributed by atoms with Crippen molar-refractivity contribution in [3.8, 4) is 11.3 Å². The number of furan rings is 1. The van der Waals surface area contributed by atoms with E-state index in [1.165, 1.54) is 28.0 Å². The van der Waals surface area contributed by atoms with Gasteiger partial charge in [0.1, 0.15) is 11.5 Å². The van der Waals surface area contributed by atoms with Crippen molar-refractivity contribution in [1.29, 1.82) is 0 Å². The molecule has 0 saturated carbocycles. The van der Waals surface area contributed by atoms with Crippen LogP contribution in [0.4, 0.5) is 11.4 Å². The maximum atomic E-state index is 13.8. The van der Waals surface area contributed by atoms with E-state index in [0.29, 0.717) is 37.7 Å². The summed E-state index contributed by atoms with van der Waals surface area (Å²) in [4.78, 5) is 45.2. The number of aromatic nitrogens is 1. The van der Waals surface area contributed by atoms with Crippen molar-refractivity contribution in [1.82, 2.24) is 4.57 Å². The Balaban J connectivity index is 1.62. The van der Waals surface area contributed by atoms with Crippen LogP contribution < -0.4 is 19.8 Å². The summed E-state index contributed by atoms with van der Waals surface area (Å²) < 4.78 is 13.3. The SMILES string of the molecule is CCOC(=O)C1=C(C)N=c2s/c(=C\c3ccc(-c4cc([N+](=O)O)ccc4C)o3)c(=O)n2C1c1ccc(N(C)C)cc1. The van der Waals surface area contributed by atoms with Gasteiger partial charge in [-0.1, -0.05) is 29.5 Å². The summed E-state index contributed by atoms with van der Waals surface area (Å²) in [5.41, 5.74) is 3.78. The fraction of sp³-hybridized carbons (Fsp3) is 0.233. The van der Waals surface area contributed by atoms with E-state index in [2.05, 4.69) is 4.99 Å². The monoisotopic (exact) mass is 573 g/mol. The number of fused-ring (bicyclic) bond motifs is 1. The average Bonchev–Trinajstić information content (AvgIpc) is 3.52. The number of esters is 1. The average molecular weight is 574 g/mol. The first kappa shape index (κ1) is 27.8. The first-order valence-electron chi connectivity index (χ1n) is 12.9. The van der Waals surface area contributed by atoms with E-state index < -0.39 is 12.0 Å². The molecule has 2 aromatic heterocycles. The Bertz CT molecular complexity index is 1880. The number of ether oxygens (including phenoxy) is 1. The van der Waals surface area contributed by atoms with Crippen molar-refractivity contribution in [2.45, 2.75) is 26.8 Å². The molecular weight excluding hydrogens is 544 g/mol. The van der Waals surface area contributed by atoms with Crippen LogP contribution >= 0.6 is 11.3 Å². The molecule has 1 atom stereocenters. The number of thiazole rings is 1. The molecule has 0 amide bonds. The highest BCUT2D eigenvalue weighted by atomic mass is 32.1. The molecule has 1 aliphatic rings. The molecule has 10 nitrogen and oxygen atoms in total. The lowest BCUT2D eigenvalue weighted by molar-refractivity contribution is -0.729. The molecule has 1 unspecified atom stereocenters. The molecular formula is C30H29N4O6S+. The quantitative estimate of drug-likeness (QED) is 0.260. The maximum Gasteiger partial charge on any atom is 0.338 e. The van der Waals surface area contributed by atoms with Gasteiger partial charge >= 0.3 is 11.7 Å². The fourth-order valence-electron chi connectivity index (χ4n) is 4.76. The molecule has 2 aromatic carbocycles. The third-order valence-corrected chi connectivity index (χ3v) is 7.83. The predicted molar refractivity (Wildman–Crippen MR) is 155 cm³/mol. The normalized spacial score (nSPS) is 15.0. The van der Waals surface area contributed by atoms with E-state index in [1.807, 2.05) is 50.2 Å². The minimum absolute atomic E-state index is 0.0725. The second-order valence-corrected chi connectivity index (χ2v) is 10.8. The summed E-state index contributed by atoms with van der Waals surface area (Å²) in [5.74, 6) is 0.383. The van der Waals surface area contributed by atoms with Crippen LogP contribution in [0.15, 0.2) is 80.1 Å². The van der Waals surface area contributed by atoms with Crippen LogP contribution in [0.1, 0.15) is 36.8 Å². The maximum absolute atomic E-state index is 13.8. The molecule has 5 rings (SSSR count). The molecule has 1 N–H and O–H groups in total. The van der Waals surface area contributed by atoms with Crippen molar-refractivity contribution < 1.29 is 24.1 Å².